The second-order valence-corrected chi connectivity index (χ2v) is 4.92. The normalized spacial score (nSPS) is 18.1. The molecule has 0 heterocycles. The molecule has 0 fully saturated rings. The molecule has 1 aromatic carbocycles. The first-order chi connectivity index (χ1) is 7.68. The van der Waals surface area contributed by atoms with Gasteiger partial charge in [-0.25, -0.2) is 0 Å². The largest absolute Gasteiger partial charge is 0.321 e. The molecule has 0 aliphatic heterocycles. The van der Waals surface area contributed by atoms with E-state index in [1.165, 1.54) is 30.4 Å². The molecule has 1 aliphatic rings. The van der Waals surface area contributed by atoms with Crippen molar-refractivity contribution < 1.29 is 0 Å². The summed E-state index contributed by atoms with van der Waals surface area (Å²) in [5.41, 5.74) is 9.94. The quantitative estimate of drug-likeness (QED) is 0.766. The minimum Gasteiger partial charge on any atom is -0.321 e. The summed E-state index contributed by atoms with van der Waals surface area (Å²) in [5, 5.41) is 0.813. The van der Waals surface area contributed by atoms with Crippen molar-refractivity contribution in [3.8, 4) is 0 Å². The van der Waals surface area contributed by atoms with Crippen LogP contribution >= 0.6 is 11.6 Å². The summed E-state index contributed by atoms with van der Waals surface area (Å²) < 4.78 is 0. The van der Waals surface area contributed by atoms with Gasteiger partial charge in [0.25, 0.3) is 0 Å². The van der Waals surface area contributed by atoms with Crippen molar-refractivity contribution >= 4 is 11.6 Å². The molecule has 2 heteroatoms. The first kappa shape index (κ1) is 11.7. The van der Waals surface area contributed by atoms with E-state index in [2.05, 4.69) is 12.1 Å². The van der Waals surface area contributed by atoms with E-state index < -0.39 is 0 Å². The van der Waals surface area contributed by atoms with E-state index in [9.17, 15) is 0 Å². The van der Waals surface area contributed by atoms with Crippen LogP contribution in [0.1, 0.15) is 42.9 Å². The summed E-state index contributed by atoms with van der Waals surface area (Å²) in [6.45, 7) is 2.02. The van der Waals surface area contributed by atoms with Crippen LogP contribution < -0.4 is 5.73 Å². The molecule has 0 spiro atoms. The average molecular weight is 236 g/mol. The predicted octanol–water partition coefficient (Wildman–Crippen LogP) is 4.15. The van der Waals surface area contributed by atoms with Gasteiger partial charge in [-0.05, 0) is 49.8 Å². The predicted molar refractivity (Wildman–Crippen MR) is 69.7 cm³/mol. The van der Waals surface area contributed by atoms with E-state index in [1.54, 1.807) is 0 Å². The number of rotatable bonds is 2. The van der Waals surface area contributed by atoms with Gasteiger partial charge in [0, 0.05) is 5.02 Å². The van der Waals surface area contributed by atoms with Crippen LogP contribution in [-0.2, 0) is 0 Å². The summed E-state index contributed by atoms with van der Waals surface area (Å²) in [5.74, 6) is 0. The minimum absolute atomic E-state index is 0.0521. The molecule has 2 rings (SSSR count). The third-order valence-corrected chi connectivity index (χ3v) is 3.69. The number of allylic oxidation sites excluding steroid dienone is 1. The number of hydrogen-bond acceptors (Lipinski definition) is 1. The Bertz CT molecular complexity index is 409. The lowest BCUT2D eigenvalue weighted by Gasteiger charge is -2.20. The third kappa shape index (κ3) is 2.47. The summed E-state index contributed by atoms with van der Waals surface area (Å²) in [6, 6.07) is 6.13. The van der Waals surface area contributed by atoms with Gasteiger partial charge < -0.3 is 5.73 Å². The second kappa shape index (κ2) is 5.03. The molecule has 1 aromatic rings. The molecule has 0 saturated heterocycles. The molecular formula is C14H18ClN. The zero-order valence-corrected chi connectivity index (χ0v) is 10.4. The SMILES string of the molecule is Cc1cc(C(N)C2=CCCCC2)ccc1Cl. The molecule has 86 valence electrons. The third-order valence-electron chi connectivity index (χ3n) is 3.27. The summed E-state index contributed by atoms with van der Waals surface area (Å²) in [7, 11) is 0. The first-order valence-electron chi connectivity index (χ1n) is 5.89. The van der Waals surface area contributed by atoms with Gasteiger partial charge in [0.2, 0.25) is 0 Å². The van der Waals surface area contributed by atoms with E-state index in [0.29, 0.717) is 0 Å². The summed E-state index contributed by atoms with van der Waals surface area (Å²) in [4.78, 5) is 0. The molecule has 0 bridgehead atoms. The fourth-order valence-corrected chi connectivity index (χ4v) is 2.34. The van der Waals surface area contributed by atoms with Gasteiger partial charge in [0.05, 0.1) is 6.04 Å². The van der Waals surface area contributed by atoms with E-state index in [-0.39, 0.29) is 6.04 Å². The maximum atomic E-state index is 6.28. The van der Waals surface area contributed by atoms with Gasteiger partial charge >= 0.3 is 0 Å². The van der Waals surface area contributed by atoms with Crippen molar-refractivity contribution in [2.24, 2.45) is 5.73 Å². The van der Waals surface area contributed by atoms with E-state index in [0.717, 1.165) is 17.0 Å². The topological polar surface area (TPSA) is 26.0 Å². The van der Waals surface area contributed by atoms with Crippen LogP contribution in [0.2, 0.25) is 5.02 Å². The Hall–Kier alpha value is -0.790. The zero-order valence-electron chi connectivity index (χ0n) is 9.67. The molecule has 0 radical (unpaired) electrons. The van der Waals surface area contributed by atoms with Crippen molar-refractivity contribution in [2.45, 2.75) is 38.6 Å². The molecule has 0 aromatic heterocycles. The molecule has 2 N–H and O–H groups in total. The maximum Gasteiger partial charge on any atom is 0.0511 e. The van der Waals surface area contributed by atoms with Gasteiger partial charge in [-0.3, -0.25) is 0 Å². The Morgan fingerprint density at radius 3 is 2.75 bits per heavy atom. The lowest BCUT2D eigenvalue weighted by Crippen LogP contribution is -2.15. The van der Waals surface area contributed by atoms with Crippen molar-refractivity contribution in [1.29, 1.82) is 0 Å². The smallest absolute Gasteiger partial charge is 0.0511 e. The summed E-state index contributed by atoms with van der Waals surface area (Å²) in [6.07, 6.45) is 7.19. The lowest BCUT2D eigenvalue weighted by molar-refractivity contribution is 0.648. The standard InChI is InChI=1S/C14H18ClN/c1-10-9-12(7-8-13(10)15)14(16)11-5-3-2-4-6-11/h5,7-9,14H,2-4,6,16H2,1H3. The Kier molecular flexibility index (Phi) is 3.67. The number of aryl methyl sites for hydroxylation is 1. The van der Waals surface area contributed by atoms with Crippen LogP contribution in [0.4, 0.5) is 0 Å². The van der Waals surface area contributed by atoms with Crippen LogP contribution in [0.3, 0.4) is 0 Å². The molecule has 0 saturated carbocycles. The number of nitrogens with two attached hydrogens (primary N) is 1. The van der Waals surface area contributed by atoms with Crippen LogP contribution in [0.15, 0.2) is 29.8 Å². The van der Waals surface area contributed by atoms with E-state index in [1.807, 2.05) is 19.1 Å². The van der Waals surface area contributed by atoms with Gasteiger partial charge in [0.1, 0.15) is 0 Å². The fraction of sp³-hybridized carbons (Fsp3) is 0.429. The lowest BCUT2D eigenvalue weighted by atomic mass is 9.90. The van der Waals surface area contributed by atoms with Gasteiger partial charge in [-0.15, -0.1) is 0 Å². The van der Waals surface area contributed by atoms with E-state index >= 15 is 0 Å². The van der Waals surface area contributed by atoms with Gasteiger partial charge in [0.15, 0.2) is 0 Å². The van der Waals surface area contributed by atoms with Crippen LogP contribution in [0.25, 0.3) is 0 Å². The zero-order chi connectivity index (χ0) is 11.5. The van der Waals surface area contributed by atoms with Gasteiger partial charge in [-0.1, -0.05) is 35.4 Å². The van der Waals surface area contributed by atoms with Gasteiger partial charge in [-0.2, -0.15) is 0 Å². The highest BCUT2D eigenvalue weighted by Crippen LogP contribution is 2.29. The molecule has 1 atom stereocenters. The number of hydrogen-bond donors (Lipinski definition) is 1. The molecule has 1 aliphatic carbocycles. The average Bonchev–Trinajstić information content (AvgIpc) is 2.33. The minimum atomic E-state index is 0.0521. The number of halogens is 1. The van der Waals surface area contributed by atoms with Crippen molar-refractivity contribution in [2.75, 3.05) is 0 Å². The molecule has 16 heavy (non-hydrogen) atoms. The van der Waals surface area contributed by atoms with Crippen molar-refractivity contribution in [1.82, 2.24) is 0 Å². The Balaban J connectivity index is 2.22. The highest BCUT2D eigenvalue weighted by molar-refractivity contribution is 6.31. The Labute approximate surface area is 102 Å². The van der Waals surface area contributed by atoms with Crippen molar-refractivity contribution in [3.63, 3.8) is 0 Å². The molecule has 0 amide bonds. The highest BCUT2D eigenvalue weighted by atomic mass is 35.5. The molecule has 1 unspecified atom stereocenters. The fourth-order valence-electron chi connectivity index (χ4n) is 2.22. The summed E-state index contributed by atoms with van der Waals surface area (Å²) >= 11 is 6.02. The van der Waals surface area contributed by atoms with E-state index in [4.69, 9.17) is 17.3 Å². The highest BCUT2D eigenvalue weighted by Gasteiger charge is 2.14. The van der Waals surface area contributed by atoms with Crippen molar-refractivity contribution in [3.05, 3.63) is 46.0 Å². The van der Waals surface area contributed by atoms with Crippen LogP contribution in [0.5, 0.6) is 0 Å². The Morgan fingerprint density at radius 2 is 2.12 bits per heavy atom. The van der Waals surface area contributed by atoms with Crippen LogP contribution in [-0.4, -0.2) is 0 Å². The number of benzene rings is 1. The monoisotopic (exact) mass is 235 g/mol. The molecule has 1 nitrogen and oxygen atoms in total. The Morgan fingerprint density at radius 1 is 1.31 bits per heavy atom. The first-order valence-corrected chi connectivity index (χ1v) is 6.27. The molecular weight excluding hydrogens is 218 g/mol. The maximum absolute atomic E-state index is 6.28. The second-order valence-electron chi connectivity index (χ2n) is 4.51. The van der Waals surface area contributed by atoms with Crippen LogP contribution in [0, 0.1) is 6.92 Å².